The first kappa shape index (κ1) is 13.0. The second-order valence-electron chi connectivity index (χ2n) is 3.83. The summed E-state index contributed by atoms with van der Waals surface area (Å²) in [7, 11) is 0. The van der Waals surface area contributed by atoms with Crippen molar-refractivity contribution in [1.29, 1.82) is 0 Å². The molecule has 3 nitrogen and oxygen atoms in total. The fourth-order valence-corrected chi connectivity index (χ4v) is 1.83. The minimum Gasteiger partial charge on any atom is -0.480 e. The van der Waals surface area contributed by atoms with Crippen molar-refractivity contribution < 1.29 is 9.90 Å². The maximum Gasteiger partial charge on any atom is 0.326 e. The number of benzene rings is 1. The van der Waals surface area contributed by atoms with Crippen LogP contribution >= 0.6 is 15.9 Å². The molecule has 0 spiro atoms. The Labute approximate surface area is 104 Å². The molecule has 0 radical (unpaired) electrons. The van der Waals surface area contributed by atoms with Gasteiger partial charge in [0.25, 0.3) is 0 Å². The monoisotopic (exact) mass is 285 g/mol. The first-order chi connectivity index (χ1) is 7.56. The lowest BCUT2D eigenvalue weighted by molar-refractivity contribution is -0.139. The molecule has 0 saturated heterocycles. The van der Waals surface area contributed by atoms with Crippen molar-refractivity contribution in [3.63, 3.8) is 0 Å². The highest BCUT2D eigenvalue weighted by atomic mass is 79.9. The molecule has 1 rings (SSSR count). The topological polar surface area (TPSA) is 49.3 Å². The molecule has 2 atom stereocenters. The molecule has 88 valence electrons. The van der Waals surface area contributed by atoms with Gasteiger partial charge in [0.2, 0.25) is 0 Å². The summed E-state index contributed by atoms with van der Waals surface area (Å²) >= 11 is 3.39. The molecule has 0 amide bonds. The second kappa shape index (κ2) is 5.89. The number of carbonyl (C=O) groups is 1. The van der Waals surface area contributed by atoms with Crippen molar-refractivity contribution >= 4 is 27.6 Å². The van der Waals surface area contributed by atoms with E-state index in [1.807, 2.05) is 38.1 Å². The van der Waals surface area contributed by atoms with Crippen molar-refractivity contribution in [2.45, 2.75) is 26.3 Å². The predicted octanol–water partition coefficient (Wildman–Crippen LogP) is 3.36. The van der Waals surface area contributed by atoms with E-state index >= 15 is 0 Å². The van der Waals surface area contributed by atoms with Crippen LogP contribution in [0.4, 0.5) is 5.69 Å². The van der Waals surface area contributed by atoms with Crippen LogP contribution in [0.5, 0.6) is 0 Å². The summed E-state index contributed by atoms with van der Waals surface area (Å²) < 4.78 is 0.879. The zero-order chi connectivity index (χ0) is 12.1. The molecule has 0 aliphatic rings. The highest BCUT2D eigenvalue weighted by molar-refractivity contribution is 9.10. The van der Waals surface area contributed by atoms with Crippen molar-refractivity contribution in [2.24, 2.45) is 5.92 Å². The number of anilines is 1. The Bertz CT molecular complexity index is 368. The van der Waals surface area contributed by atoms with Gasteiger partial charge in [0, 0.05) is 10.2 Å². The predicted molar refractivity (Wildman–Crippen MR) is 68.6 cm³/mol. The van der Waals surface area contributed by atoms with E-state index in [1.54, 1.807) is 0 Å². The van der Waals surface area contributed by atoms with Crippen LogP contribution in [0.1, 0.15) is 20.3 Å². The third kappa shape index (κ3) is 3.23. The van der Waals surface area contributed by atoms with Crippen LogP contribution in [-0.2, 0) is 4.79 Å². The van der Waals surface area contributed by atoms with Gasteiger partial charge < -0.3 is 10.4 Å². The largest absolute Gasteiger partial charge is 0.480 e. The van der Waals surface area contributed by atoms with Gasteiger partial charge in [0.1, 0.15) is 6.04 Å². The minimum absolute atomic E-state index is 0.0876. The van der Waals surface area contributed by atoms with E-state index in [9.17, 15) is 4.79 Å². The number of hydrogen-bond acceptors (Lipinski definition) is 2. The van der Waals surface area contributed by atoms with Gasteiger partial charge in [0.15, 0.2) is 0 Å². The molecule has 0 fully saturated rings. The fraction of sp³-hybridized carbons (Fsp3) is 0.417. The van der Waals surface area contributed by atoms with E-state index in [2.05, 4.69) is 21.2 Å². The molecule has 16 heavy (non-hydrogen) atoms. The minimum atomic E-state index is -0.815. The van der Waals surface area contributed by atoms with Crippen molar-refractivity contribution in [1.82, 2.24) is 0 Å². The lowest BCUT2D eigenvalue weighted by Crippen LogP contribution is -2.35. The van der Waals surface area contributed by atoms with E-state index < -0.39 is 12.0 Å². The van der Waals surface area contributed by atoms with Gasteiger partial charge in [-0.25, -0.2) is 4.79 Å². The van der Waals surface area contributed by atoms with Crippen molar-refractivity contribution in [3.8, 4) is 0 Å². The number of rotatable bonds is 5. The number of para-hydroxylation sites is 1. The molecule has 0 saturated carbocycles. The number of hydrogen-bond donors (Lipinski definition) is 2. The normalized spacial score (nSPS) is 14.2. The van der Waals surface area contributed by atoms with Crippen LogP contribution in [0.3, 0.4) is 0 Å². The zero-order valence-electron chi connectivity index (χ0n) is 9.40. The maximum atomic E-state index is 11.1. The van der Waals surface area contributed by atoms with Gasteiger partial charge in [-0.1, -0.05) is 32.4 Å². The molecule has 2 N–H and O–H groups in total. The van der Waals surface area contributed by atoms with Crippen LogP contribution in [0.15, 0.2) is 28.7 Å². The Kier molecular flexibility index (Phi) is 4.80. The molecular weight excluding hydrogens is 270 g/mol. The number of nitrogens with one attached hydrogen (secondary N) is 1. The van der Waals surface area contributed by atoms with Gasteiger partial charge in [-0.05, 0) is 34.0 Å². The molecular formula is C12H16BrNO2. The Hall–Kier alpha value is -1.03. The Balaban J connectivity index is 2.84. The molecule has 0 heterocycles. The summed E-state index contributed by atoms with van der Waals surface area (Å²) in [5.41, 5.74) is 0.815. The highest BCUT2D eigenvalue weighted by Crippen LogP contribution is 2.24. The molecule has 0 aliphatic carbocycles. The average Bonchev–Trinajstić information content (AvgIpc) is 2.26. The lowest BCUT2D eigenvalue weighted by atomic mass is 9.99. The van der Waals surface area contributed by atoms with Crippen LogP contribution in [0.2, 0.25) is 0 Å². The molecule has 0 aliphatic heterocycles. The van der Waals surface area contributed by atoms with Crippen LogP contribution < -0.4 is 5.32 Å². The van der Waals surface area contributed by atoms with E-state index in [-0.39, 0.29) is 5.92 Å². The van der Waals surface area contributed by atoms with Gasteiger partial charge in [0.05, 0.1) is 0 Å². The first-order valence-electron chi connectivity index (χ1n) is 5.30. The number of carboxylic acid groups (broad SMARTS) is 1. The van der Waals surface area contributed by atoms with E-state index in [1.165, 1.54) is 0 Å². The van der Waals surface area contributed by atoms with Gasteiger partial charge in [-0.2, -0.15) is 0 Å². The Morgan fingerprint density at radius 1 is 1.50 bits per heavy atom. The van der Waals surface area contributed by atoms with E-state index in [0.29, 0.717) is 0 Å². The fourth-order valence-electron chi connectivity index (χ4n) is 1.43. The van der Waals surface area contributed by atoms with Crippen LogP contribution in [0, 0.1) is 5.92 Å². The maximum absolute atomic E-state index is 11.1. The van der Waals surface area contributed by atoms with Crippen molar-refractivity contribution in [2.75, 3.05) is 5.32 Å². The highest BCUT2D eigenvalue weighted by Gasteiger charge is 2.23. The van der Waals surface area contributed by atoms with Gasteiger partial charge in [-0.15, -0.1) is 0 Å². The summed E-state index contributed by atoms with van der Waals surface area (Å²) in [6.07, 6.45) is 0.828. The summed E-state index contributed by atoms with van der Waals surface area (Å²) in [4.78, 5) is 11.1. The van der Waals surface area contributed by atoms with Gasteiger partial charge >= 0.3 is 5.97 Å². The van der Waals surface area contributed by atoms with E-state index in [0.717, 1.165) is 16.6 Å². The smallest absolute Gasteiger partial charge is 0.326 e. The SMILES string of the molecule is CCC(C)C(Nc1ccccc1Br)C(=O)O. The average molecular weight is 286 g/mol. The third-order valence-corrected chi connectivity index (χ3v) is 3.36. The summed E-state index contributed by atoms with van der Waals surface area (Å²) in [6, 6.07) is 6.97. The third-order valence-electron chi connectivity index (χ3n) is 2.66. The van der Waals surface area contributed by atoms with Crippen molar-refractivity contribution in [3.05, 3.63) is 28.7 Å². The second-order valence-corrected chi connectivity index (χ2v) is 4.68. The molecule has 1 aromatic rings. The molecule has 0 bridgehead atoms. The quantitative estimate of drug-likeness (QED) is 0.872. The first-order valence-corrected chi connectivity index (χ1v) is 6.09. The number of carboxylic acids is 1. The Morgan fingerprint density at radius 3 is 2.62 bits per heavy atom. The lowest BCUT2D eigenvalue weighted by Gasteiger charge is -2.21. The molecule has 0 aromatic heterocycles. The Morgan fingerprint density at radius 2 is 2.12 bits per heavy atom. The number of halogens is 1. The molecule has 1 aromatic carbocycles. The van der Waals surface area contributed by atoms with Crippen LogP contribution in [0.25, 0.3) is 0 Å². The molecule has 2 unspecified atom stereocenters. The zero-order valence-corrected chi connectivity index (χ0v) is 11.0. The van der Waals surface area contributed by atoms with Gasteiger partial charge in [-0.3, -0.25) is 0 Å². The summed E-state index contributed by atoms with van der Waals surface area (Å²) in [5, 5.41) is 12.2. The molecule has 4 heteroatoms. The van der Waals surface area contributed by atoms with Crippen LogP contribution in [-0.4, -0.2) is 17.1 Å². The van der Waals surface area contributed by atoms with E-state index in [4.69, 9.17) is 5.11 Å². The standard InChI is InChI=1S/C12H16BrNO2/c1-3-8(2)11(12(15)16)14-10-7-5-4-6-9(10)13/h4-8,11,14H,3H2,1-2H3,(H,15,16). The summed E-state index contributed by atoms with van der Waals surface area (Å²) in [5.74, 6) is -0.727. The summed E-state index contributed by atoms with van der Waals surface area (Å²) in [6.45, 7) is 3.92. The number of aliphatic carboxylic acids is 1.